The summed E-state index contributed by atoms with van der Waals surface area (Å²) in [6.45, 7) is 6.49. The number of tetrazole rings is 1. The van der Waals surface area contributed by atoms with Gasteiger partial charge in [-0.1, -0.05) is 17.7 Å². The van der Waals surface area contributed by atoms with Crippen molar-refractivity contribution in [1.29, 1.82) is 0 Å². The van der Waals surface area contributed by atoms with Crippen LogP contribution >= 0.6 is 11.6 Å². The Kier molecular flexibility index (Phi) is 3.82. The van der Waals surface area contributed by atoms with Crippen LogP contribution in [0.5, 0.6) is 0 Å². The van der Waals surface area contributed by atoms with E-state index in [9.17, 15) is 4.39 Å². The van der Waals surface area contributed by atoms with Crippen LogP contribution in [0.2, 0.25) is 5.02 Å². The first kappa shape index (κ1) is 13.9. The zero-order chi connectivity index (χ0) is 14.0. The van der Waals surface area contributed by atoms with Crippen LogP contribution < -0.4 is 5.32 Å². The van der Waals surface area contributed by atoms with Gasteiger partial charge >= 0.3 is 0 Å². The van der Waals surface area contributed by atoms with Gasteiger partial charge in [0.25, 0.3) is 0 Å². The molecule has 0 saturated carbocycles. The molecule has 1 aromatic carbocycles. The van der Waals surface area contributed by atoms with E-state index in [2.05, 4.69) is 20.8 Å². The van der Waals surface area contributed by atoms with E-state index in [-0.39, 0.29) is 16.2 Å². The second-order valence-corrected chi connectivity index (χ2v) is 5.59. The quantitative estimate of drug-likeness (QED) is 0.939. The lowest BCUT2D eigenvalue weighted by Crippen LogP contribution is -2.36. The second kappa shape index (κ2) is 5.22. The molecule has 1 heterocycles. The molecule has 102 valence electrons. The smallest absolute Gasteiger partial charge is 0.170 e. The van der Waals surface area contributed by atoms with Crippen LogP contribution in [-0.2, 0) is 6.54 Å². The van der Waals surface area contributed by atoms with Crippen LogP contribution in [0.15, 0.2) is 18.2 Å². The summed E-state index contributed by atoms with van der Waals surface area (Å²) >= 11 is 6.01. The molecule has 0 spiro atoms. The molecule has 2 aromatic rings. The third kappa shape index (κ3) is 3.27. The molecule has 7 heteroatoms. The van der Waals surface area contributed by atoms with Gasteiger partial charge in [-0.05, 0) is 43.3 Å². The molecular weight excluding hydrogens is 269 g/mol. The van der Waals surface area contributed by atoms with Gasteiger partial charge in [0.15, 0.2) is 11.6 Å². The number of rotatable bonds is 3. The predicted octanol–water partition coefficient (Wildman–Crippen LogP) is 2.34. The first-order valence-electron chi connectivity index (χ1n) is 5.85. The molecule has 0 aliphatic carbocycles. The van der Waals surface area contributed by atoms with Gasteiger partial charge in [-0.3, -0.25) is 0 Å². The number of halogens is 2. The minimum absolute atomic E-state index is 0.0875. The number of nitrogens with zero attached hydrogens (tertiary/aromatic N) is 4. The van der Waals surface area contributed by atoms with Gasteiger partial charge in [-0.15, -0.1) is 5.10 Å². The van der Waals surface area contributed by atoms with E-state index >= 15 is 0 Å². The van der Waals surface area contributed by atoms with E-state index < -0.39 is 5.82 Å². The first-order chi connectivity index (χ1) is 8.88. The van der Waals surface area contributed by atoms with E-state index in [0.29, 0.717) is 12.4 Å². The normalized spacial score (nSPS) is 11.8. The molecule has 19 heavy (non-hydrogen) atoms. The van der Waals surface area contributed by atoms with Crippen LogP contribution in [-0.4, -0.2) is 25.7 Å². The van der Waals surface area contributed by atoms with E-state index in [1.54, 1.807) is 12.1 Å². The molecule has 0 atom stereocenters. The summed E-state index contributed by atoms with van der Waals surface area (Å²) in [5, 5.41) is 14.8. The molecule has 1 aromatic heterocycles. The molecule has 0 fully saturated rings. The average molecular weight is 284 g/mol. The van der Waals surface area contributed by atoms with Gasteiger partial charge in [0, 0.05) is 5.54 Å². The number of hydrogen-bond donors (Lipinski definition) is 1. The van der Waals surface area contributed by atoms with Crippen molar-refractivity contribution in [2.24, 2.45) is 0 Å². The van der Waals surface area contributed by atoms with Crippen molar-refractivity contribution in [3.05, 3.63) is 34.9 Å². The maximum absolute atomic E-state index is 13.8. The topological polar surface area (TPSA) is 55.6 Å². The highest BCUT2D eigenvalue weighted by Gasteiger charge is 2.17. The highest BCUT2D eigenvalue weighted by Crippen LogP contribution is 2.23. The van der Waals surface area contributed by atoms with Crippen molar-refractivity contribution in [3.8, 4) is 5.69 Å². The van der Waals surface area contributed by atoms with Gasteiger partial charge in [0.1, 0.15) is 5.69 Å². The lowest BCUT2D eigenvalue weighted by atomic mass is 10.1. The Balaban J connectivity index is 2.34. The zero-order valence-corrected chi connectivity index (χ0v) is 11.7. The summed E-state index contributed by atoms with van der Waals surface area (Å²) in [5.41, 5.74) is 0.0791. The lowest BCUT2D eigenvalue weighted by molar-refractivity contribution is 0.414. The van der Waals surface area contributed by atoms with Crippen molar-refractivity contribution in [2.45, 2.75) is 32.9 Å². The van der Waals surface area contributed by atoms with Crippen molar-refractivity contribution < 1.29 is 4.39 Å². The maximum atomic E-state index is 13.8. The summed E-state index contributed by atoms with van der Waals surface area (Å²) < 4.78 is 15.2. The van der Waals surface area contributed by atoms with E-state index in [0.717, 1.165) is 0 Å². The van der Waals surface area contributed by atoms with Crippen molar-refractivity contribution in [1.82, 2.24) is 25.5 Å². The molecule has 0 unspecified atom stereocenters. The molecule has 2 rings (SSSR count). The largest absolute Gasteiger partial charge is 0.305 e. The fraction of sp³-hybridized carbons (Fsp3) is 0.417. The van der Waals surface area contributed by atoms with E-state index in [1.807, 2.05) is 20.8 Å². The van der Waals surface area contributed by atoms with Gasteiger partial charge in [0.05, 0.1) is 11.6 Å². The minimum atomic E-state index is -0.461. The third-order valence-corrected chi connectivity index (χ3v) is 2.77. The molecule has 0 saturated heterocycles. The Bertz CT molecular complexity index is 555. The minimum Gasteiger partial charge on any atom is -0.305 e. The second-order valence-electron chi connectivity index (χ2n) is 5.18. The van der Waals surface area contributed by atoms with Crippen LogP contribution in [0, 0.1) is 5.82 Å². The van der Waals surface area contributed by atoms with Crippen molar-refractivity contribution in [3.63, 3.8) is 0 Å². The molecule has 0 radical (unpaired) electrons. The summed E-state index contributed by atoms with van der Waals surface area (Å²) in [7, 11) is 0. The highest BCUT2D eigenvalue weighted by atomic mass is 35.5. The van der Waals surface area contributed by atoms with E-state index in [4.69, 9.17) is 11.6 Å². The lowest BCUT2D eigenvalue weighted by Gasteiger charge is -2.20. The molecule has 0 amide bonds. The van der Waals surface area contributed by atoms with Gasteiger partial charge in [-0.25, -0.2) is 4.39 Å². The number of benzene rings is 1. The third-order valence-electron chi connectivity index (χ3n) is 2.46. The van der Waals surface area contributed by atoms with Crippen LogP contribution in [0.4, 0.5) is 4.39 Å². The number of nitrogens with one attached hydrogen (secondary N) is 1. The standard InChI is InChI=1S/C12H15ClFN5/c1-12(2,3)15-7-10-16-17-18-19(10)11-8(13)5-4-6-9(11)14/h4-6,15H,7H2,1-3H3. The van der Waals surface area contributed by atoms with Crippen LogP contribution in [0.1, 0.15) is 26.6 Å². The van der Waals surface area contributed by atoms with Crippen LogP contribution in [0.3, 0.4) is 0 Å². The fourth-order valence-electron chi connectivity index (χ4n) is 1.53. The first-order valence-corrected chi connectivity index (χ1v) is 6.23. The monoisotopic (exact) mass is 283 g/mol. The molecule has 0 aliphatic rings. The van der Waals surface area contributed by atoms with Gasteiger partial charge in [0.2, 0.25) is 0 Å². The molecule has 1 N–H and O–H groups in total. The van der Waals surface area contributed by atoms with Crippen molar-refractivity contribution >= 4 is 11.6 Å². The molecule has 0 bridgehead atoms. The number of para-hydroxylation sites is 1. The molecular formula is C12H15ClFN5. The summed E-state index contributed by atoms with van der Waals surface area (Å²) in [6.07, 6.45) is 0. The fourth-order valence-corrected chi connectivity index (χ4v) is 1.77. The van der Waals surface area contributed by atoms with Gasteiger partial charge in [-0.2, -0.15) is 4.68 Å². The number of hydrogen-bond acceptors (Lipinski definition) is 4. The Morgan fingerprint density at radius 3 is 2.74 bits per heavy atom. The predicted molar refractivity (Wildman–Crippen MR) is 70.7 cm³/mol. The maximum Gasteiger partial charge on any atom is 0.170 e. The summed E-state index contributed by atoms with van der Waals surface area (Å²) in [4.78, 5) is 0. The van der Waals surface area contributed by atoms with Crippen molar-refractivity contribution in [2.75, 3.05) is 0 Å². The van der Waals surface area contributed by atoms with Crippen LogP contribution in [0.25, 0.3) is 5.69 Å². The average Bonchev–Trinajstić information content (AvgIpc) is 2.73. The van der Waals surface area contributed by atoms with E-state index in [1.165, 1.54) is 10.7 Å². The highest BCUT2D eigenvalue weighted by molar-refractivity contribution is 6.32. The number of aromatic nitrogens is 4. The Morgan fingerprint density at radius 1 is 1.37 bits per heavy atom. The molecule has 5 nitrogen and oxygen atoms in total. The Hall–Kier alpha value is -1.53. The molecule has 0 aliphatic heterocycles. The van der Waals surface area contributed by atoms with Gasteiger partial charge < -0.3 is 5.32 Å². The summed E-state index contributed by atoms with van der Waals surface area (Å²) in [6, 6.07) is 4.46. The Labute approximate surface area is 115 Å². The summed E-state index contributed by atoms with van der Waals surface area (Å²) in [5.74, 6) is 0.0405. The SMILES string of the molecule is CC(C)(C)NCc1nnnn1-c1c(F)cccc1Cl. The Morgan fingerprint density at radius 2 is 2.11 bits per heavy atom. The zero-order valence-electron chi connectivity index (χ0n) is 11.0.